The van der Waals surface area contributed by atoms with Crippen molar-refractivity contribution in [3.63, 3.8) is 0 Å². The van der Waals surface area contributed by atoms with Crippen molar-refractivity contribution in [2.75, 3.05) is 18.1 Å². The van der Waals surface area contributed by atoms with Crippen molar-refractivity contribution in [3.05, 3.63) is 11.1 Å². The largest absolute Gasteiger partial charge is 0.376 e. The van der Waals surface area contributed by atoms with Gasteiger partial charge in [-0.1, -0.05) is 0 Å². The van der Waals surface area contributed by atoms with Crippen molar-refractivity contribution < 1.29 is 14.3 Å². The summed E-state index contributed by atoms with van der Waals surface area (Å²) in [5.74, 6) is 0.0740. The second-order valence-electron chi connectivity index (χ2n) is 5.85. The van der Waals surface area contributed by atoms with Gasteiger partial charge in [-0.05, 0) is 26.2 Å². The summed E-state index contributed by atoms with van der Waals surface area (Å²) < 4.78 is 5.58. The van der Waals surface area contributed by atoms with Crippen molar-refractivity contribution in [1.82, 2.24) is 10.3 Å². The Kier molecular flexibility index (Phi) is 4.73. The molecule has 2 aliphatic rings. The number of rotatable bonds is 5. The minimum Gasteiger partial charge on any atom is -0.376 e. The van der Waals surface area contributed by atoms with E-state index >= 15 is 0 Å². The van der Waals surface area contributed by atoms with E-state index in [0.717, 1.165) is 38.1 Å². The Morgan fingerprint density at radius 1 is 1.59 bits per heavy atom. The molecule has 0 saturated carbocycles. The van der Waals surface area contributed by atoms with Crippen LogP contribution >= 0.6 is 11.3 Å². The first kappa shape index (κ1) is 15.4. The molecule has 2 atom stereocenters. The van der Waals surface area contributed by atoms with Crippen LogP contribution < -0.4 is 10.2 Å². The number of aromatic nitrogens is 1. The van der Waals surface area contributed by atoms with Gasteiger partial charge in [0.2, 0.25) is 11.8 Å². The number of hydrogen-bond acceptors (Lipinski definition) is 5. The van der Waals surface area contributed by atoms with Gasteiger partial charge in [-0.2, -0.15) is 0 Å². The number of carbonyl (C=O) groups is 2. The SMILES string of the molecule is C[C@H](NC(=O)Cc1csc(N2CCCC2=O)n1)[C@H]1CCCO1. The summed E-state index contributed by atoms with van der Waals surface area (Å²) >= 11 is 1.43. The number of amides is 2. The first-order valence-corrected chi connectivity index (χ1v) is 8.67. The highest BCUT2D eigenvalue weighted by molar-refractivity contribution is 7.14. The van der Waals surface area contributed by atoms with Crippen molar-refractivity contribution in [3.8, 4) is 0 Å². The van der Waals surface area contributed by atoms with Crippen LogP contribution in [0.2, 0.25) is 0 Å². The number of nitrogens with zero attached hydrogens (tertiary/aromatic N) is 2. The Hall–Kier alpha value is -1.47. The van der Waals surface area contributed by atoms with E-state index in [2.05, 4.69) is 10.3 Å². The summed E-state index contributed by atoms with van der Waals surface area (Å²) in [6.07, 6.45) is 3.90. The molecular weight excluding hydrogens is 302 g/mol. The van der Waals surface area contributed by atoms with Gasteiger partial charge in [0.05, 0.1) is 24.3 Å². The van der Waals surface area contributed by atoms with E-state index in [1.807, 2.05) is 12.3 Å². The number of hydrogen-bond donors (Lipinski definition) is 1. The second-order valence-corrected chi connectivity index (χ2v) is 6.69. The summed E-state index contributed by atoms with van der Waals surface area (Å²) in [5, 5.41) is 5.54. The molecule has 1 aromatic heterocycles. The van der Waals surface area contributed by atoms with Gasteiger partial charge in [-0.15, -0.1) is 11.3 Å². The zero-order valence-electron chi connectivity index (χ0n) is 12.7. The molecule has 2 fully saturated rings. The van der Waals surface area contributed by atoms with Crippen molar-refractivity contribution >= 4 is 28.3 Å². The van der Waals surface area contributed by atoms with Crippen LogP contribution in [0, 0.1) is 0 Å². The second kappa shape index (κ2) is 6.75. The van der Waals surface area contributed by atoms with E-state index in [1.54, 1.807) is 4.90 Å². The molecule has 0 radical (unpaired) electrons. The molecule has 120 valence electrons. The molecule has 2 amide bonds. The molecule has 0 bridgehead atoms. The maximum Gasteiger partial charge on any atom is 0.228 e. The molecule has 0 spiro atoms. The predicted octanol–water partition coefficient (Wildman–Crippen LogP) is 1.50. The average molecular weight is 323 g/mol. The van der Waals surface area contributed by atoms with Crippen molar-refractivity contribution in [2.45, 2.75) is 51.2 Å². The summed E-state index contributed by atoms with van der Waals surface area (Å²) in [6, 6.07) is 0.0215. The van der Waals surface area contributed by atoms with Gasteiger partial charge in [0.25, 0.3) is 0 Å². The molecular formula is C15H21N3O3S. The third-order valence-corrected chi connectivity index (χ3v) is 5.01. The van der Waals surface area contributed by atoms with E-state index < -0.39 is 0 Å². The van der Waals surface area contributed by atoms with Crippen LogP contribution in [0.25, 0.3) is 0 Å². The number of anilines is 1. The fourth-order valence-corrected chi connectivity index (χ4v) is 3.78. The molecule has 0 aliphatic carbocycles. The molecule has 2 saturated heterocycles. The van der Waals surface area contributed by atoms with Gasteiger partial charge in [-0.3, -0.25) is 14.5 Å². The minimum absolute atomic E-state index is 0.0215. The van der Waals surface area contributed by atoms with Crippen LogP contribution in [0.15, 0.2) is 5.38 Å². The number of carbonyl (C=O) groups excluding carboxylic acids is 2. The van der Waals surface area contributed by atoms with Crippen LogP contribution in [0.3, 0.4) is 0 Å². The normalized spacial score (nSPS) is 23.0. The van der Waals surface area contributed by atoms with Crippen molar-refractivity contribution in [2.24, 2.45) is 0 Å². The fourth-order valence-electron chi connectivity index (χ4n) is 2.91. The predicted molar refractivity (Wildman–Crippen MR) is 84.0 cm³/mol. The van der Waals surface area contributed by atoms with Crippen LogP contribution in [0.1, 0.15) is 38.3 Å². The lowest BCUT2D eigenvalue weighted by Crippen LogP contribution is -2.41. The molecule has 3 rings (SSSR count). The first-order valence-electron chi connectivity index (χ1n) is 7.79. The lowest BCUT2D eigenvalue weighted by molar-refractivity contribution is -0.122. The average Bonchev–Trinajstić information content (AvgIpc) is 3.18. The van der Waals surface area contributed by atoms with E-state index in [4.69, 9.17) is 4.74 Å². The van der Waals surface area contributed by atoms with E-state index in [-0.39, 0.29) is 30.4 Å². The van der Waals surface area contributed by atoms with E-state index in [9.17, 15) is 9.59 Å². The molecule has 0 aromatic carbocycles. The topological polar surface area (TPSA) is 71.5 Å². The molecule has 22 heavy (non-hydrogen) atoms. The fraction of sp³-hybridized carbons (Fsp3) is 0.667. The molecule has 0 unspecified atom stereocenters. The minimum atomic E-state index is -0.0485. The third kappa shape index (κ3) is 3.47. The summed E-state index contributed by atoms with van der Waals surface area (Å²) in [5.41, 5.74) is 0.719. The summed E-state index contributed by atoms with van der Waals surface area (Å²) in [6.45, 7) is 3.49. The lowest BCUT2D eigenvalue weighted by atomic mass is 10.1. The smallest absolute Gasteiger partial charge is 0.228 e. The molecule has 3 heterocycles. The molecule has 6 nitrogen and oxygen atoms in total. The van der Waals surface area contributed by atoms with Gasteiger partial charge in [0.1, 0.15) is 0 Å². The molecule has 7 heteroatoms. The van der Waals surface area contributed by atoms with Crippen LogP contribution in [-0.4, -0.2) is 42.1 Å². The summed E-state index contributed by atoms with van der Waals surface area (Å²) in [7, 11) is 0. The van der Waals surface area contributed by atoms with Gasteiger partial charge in [0.15, 0.2) is 5.13 Å². The van der Waals surface area contributed by atoms with Gasteiger partial charge < -0.3 is 10.1 Å². The Bertz CT molecular complexity index is 554. The Labute approximate surface area is 133 Å². The highest BCUT2D eigenvalue weighted by Crippen LogP contribution is 2.25. The Balaban J connectivity index is 1.53. The Morgan fingerprint density at radius 2 is 2.45 bits per heavy atom. The number of nitrogens with one attached hydrogen (secondary N) is 1. The van der Waals surface area contributed by atoms with E-state index in [1.165, 1.54) is 11.3 Å². The van der Waals surface area contributed by atoms with Crippen LogP contribution in [0.5, 0.6) is 0 Å². The quantitative estimate of drug-likeness (QED) is 0.891. The monoisotopic (exact) mass is 323 g/mol. The lowest BCUT2D eigenvalue weighted by Gasteiger charge is -2.19. The van der Waals surface area contributed by atoms with E-state index in [0.29, 0.717) is 11.6 Å². The zero-order chi connectivity index (χ0) is 15.5. The Morgan fingerprint density at radius 3 is 3.14 bits per heavy atom. The molecule has 1 N–H and O–H groups in total. The van der Waals surface area contributed by atoms with Gasteiger partial charge in [0, 0.05) is 25.0 Å². The van der Waals surface area contributed by atoms with Gasteiger partial charge in [-0.25, -0.2) is 4.98 Å². The number of ether oxygens (including phenoxy) is 1. The van der Waals surface area contributed by atoms with Gasteiger partial charge >= 0.3 is 0 Å². The molecule has 2 aliphatic heterocycles. The molecule has 1 aromatic rings. The third-order valence-electron chi connectivity index (χ3n) is 4.10. The highest BCUT2D eigenvalue weighted by Gasteiger charge is 2.26. The standard InChI is InChI=1S/C15H21N3O3S/c1-10(12-4-3-7-21-12)16-13(19)8-11-9-22-15(17-11)18-6-2-5-14(18)20/h9-10,12H,2-8H2,1H3,(H,16,19)/t10-,12+/m0/s1. The zero-order valence-corrected chi connectivity index (χ0v) is 13.5. The van der Waals surface area contributed by atoms with Crippen LogP contribution in [0.4, 0.5) is 5.13 Å². The summed E-state index contributed by atoms with van der Waals surface area (Å²) in [4.78, 5) is 29.9. The van der Waals surface area contributed by atoms with Crippen molar-refractivity contribution in [1.29, 1.82) is 0 Å². The maximum absolute atomic E-state index is 12.1. The highest BCUT2D eigenvalue weighted by atomic mass is 32.1. The first-order chi connectivity index (χ1) is 10.6. The maximum atomic E-state index is 12.1. The number of thiazole rings is 1. The van der Waals surface area contributed by atoms with Crippen LogP contribution in [-0.2, 0) is 20.7 Å².